The van der Waals surface area contributed by atoms with Crippen molar-refractivity contribution in [3.8, 4) is 0 Å². The number of aromatic amines is 1. The van der Waals surface area contributed by atoms with E-state index in [0.29, 0.717) is 25.0 Å². The molecule has 6 nitrogen and oxygen atoms in total. The van der Waals surface area contributed by atoms with E-state index in [1.165, 1.54) is 0 Å². The lowest BCUT2D eigenvalue weighted by Gasteiger charge is -2.03. The Kier molecular flexibility index (Phi) is 3.86. The summed E-state index contributed by atoms with van der Waals surface area (Å²) in [5, 5.41) is 2.87. The van der Waals surface area contributed by atoms with E-state index < -0.39 is 0 Å². The zero-order valence-electron chi connectivity index (χ0n) is 11.4. The highest BCUT2D eigenvalue weighted by Gasteiger charge is 2.06. The molecule has 0 fully saturated rings. The molecule has 106 valence electrons. The maximum Gasteiger partial charge on any atom is 0.220 e. The van der Waals surface area contributed by atoms with Gasteiger partial charge >= 0.3 is 0 Å². The van der Waals surface area contributed by atoms with Crippen molar-refractivity contribution >= 4 is 17.1 Å². The first-order chi connectivity index (χ1) is 10.3. The molecule has 0 aliphatic heterocycles. The van der Waals surface area contributed by atoms with Gasteiger partial charge in [0.15, 0.2) is 5.65 Å². The van der Waals surface area contributed by atoms with E-state index in [1.54, 1.807) is 18.6 Å². The molecule has 3 aromatic rings. The number of carbonyl (C=O) groups is 1. The lowest BCUT2D eigenvalue weighted by atomic mass is 10.2. The average molecular weight is 281 g/mol. The maximum atomic E-state index is 11.8. The van der Waals surface area contributed by atoms with Crippen LogP contribution < -0.4 is 5.32 Å². The smallest absolute Gasteiger partial charge is 0.220 e. The first-order valence-corrected chi connectivity index (χ1v) is 6.76. The molecule has 0 saturated heterocycles. The summed E-state index contributed by atoms with van der Waals surface area (Å²) in [6.45, 7) is 0.494. The van der Waals surface area contributed by atoms with E-state index in [1.807, 2.05) is 24.3 Å². The fraction of sp³-hybridized carbons (Fsp3) is 0.200. The normalized spacial score (nSPS) is 10.7. The molecule has 3 aromatic heterocycles. The van der Waals surface area contributed by atoms with Gasteiger partial charge in [-0.3, -0.25) is 9.78 Å². The molecular formula is C15H15N5O. The molecule has 3 rings (SSSR count). The largest absolute Gasteiger partial charge is 0.352 e. The Hall–Kier alpha value is -2.76. The molecule has 0 atom stereocenters. The van der Waals surface area contributed by atoms with E-state index in [-0.39, 0.29) is 5.91 Å². The number of pyridine rings is 2. The number of hydrogen-bond donors (Lipinski definition) is 2. The van der Waals surface area contributed by atoms with Crippen LogP contribution in [0.3, 0.4) is 0 Å². The van der Waals surface area contributed by atoms with Gasteiger partial charge in [0.25, 0.3) is 0 Å². The van der Waals surface area contributed by atoms with Crippen LogP contribution in [0.1, 0.15) is 17.8 Å². The Labute approximate surface area is 121 Å². The van der Waals surface area contributed by atoms with Crippen LogP contribution in [0.25, 0.3) is 11.2 Å². The number of rotatable bonds is 5. The highest BCUT2D eigenvalue weighted by Crippen LogP contribution is 2.08. The third-order valence-electron chi connectivity index (χ3n) is 3.11. The molecule has 0 bridgehead atoms. The molecule has 0 spiro atoms. The van der Waals surface area contributed by atoms with Crippen molar-refractivity contribution in [1.29, 1.82) is 0 Å². The quantitative estimate of drug-likeness (QED) is 0.744. The predicted molar refractivity (Wildman–Crippen MR) is 78.3 cm³/mol. The highest BCUT2D eigenvalue weighted by atomic mass is 16.1. The van der Waals surface area contributed by atoms with E-state index >= 15 is 0 Å². The summed E-state index contributed by atoms with van der Waals surface area (Å²) in [7, 11) is 0. The maximum absolute atomic E-state index is 11.8. The van der Waals surface area contributed by atoms with Crippen LogP contribution in [0.4, 0.5) is 0 Å². The Morgan fingerprint density at radius 1 is 1.24 bits per heavy atom. The molecular weight excluding hydrogens is 266 g/mol. The molecule has 3 heterocycles. The minimum atomic E-state index is -0.00716. The van der Waals surface area contributed by atoms with Crippen molar-refractivity contribution in [3.05, 3.63) is 54.2 Å². The fourth-order valence-corrected chi connectivity index (χ4v) is 2.04. The second-order valence-electron chi connectivity index (χ2n) is 4.70. The van der Waals surface area contributed by atoms with E-state index in [9.17, 15) is 4.79 Å². The van der Waals surface area contributed by atoms with E-state index in [0.717, 1.165) is 16.9 Å². The van der Waals surface area contributed by atoms with Crippen molar-refractivity contribution < 1.29 is 4.79 Å². The monoisotopic (exact) mass is 281 g/mol. The first-order valence-electron chi connectivity index (χ1n) is 6.76. The van der Waals surface area contributed by atoms with Gasteiger partial charge in [-0.25, -0.2) is 9.97 Å². The summed E-state index contributed by atoms with van der Waals surface area (Å²) >= 11 is 0. The zero-order chi connectivity index (χ0) is 14.5. The molecule has 21 heavy (non-hydrogen) atoms. The summed E-state index contributed by atoms with van der Waals surface area (Å²) in [5.74, 6) is 0.771. The summed E-state index contributed by atoms with van der Waals surface area (Å²) in [5.41, 5.74) is 2.56. The molecule has 2 N–H and O–H groups in total. The molecule has 0 aliphatic carbocycles. The fourth-order valence-electron chi connectivity index (χ4n) is 2.04. The molecule has 0 radical (unpaired) electrons. The molecule has 6 heteroatoms. The lowest BCUT2D eigenvalue weighted by Crippen LogP contribution is -2.23. The van der Waals surface area contributed by atoms with Crippen molar-refractivity contribution in [1.82, 2.24) is 25.3 Å². The van der Waals surface area contributed by atoms with Crippen LogP contribution in [0.5, 0.6) is 0 Å². The molecule has 0 aliphatic rings. The summed E-state index contributed by atoms with van der Waals surface area (Å²) in [6, 6.07) is 7.55. The van der Waals surface area contributed by atoms with Gasteiger partial charge in [-0.05, 0) is 23.8 Å². The average Bonchev–Trinajstić information content (AvgIpc) is 2.95. The molecule has 0 aromatic carbocycles. The van der Waals surface area contributed by atoms with Crippen molar-refractivity contribution in [2.45, 2.75) is 19.4 Å². The van der Waals surface area contributed by atoms with E-state index in [4.69, 9.17) is 0 Å². The summed E-state index contributed by atoms with van der Waals surface area (Å²) in [4.78, 5) is 27.5. The van der Waals surface area contributed by atoms with Crippen LogP contribution in [0.15, 0.2) is 42.9 Å². The number of aromatic nitrogens is 4. The van der Waals surface area contributed by atoms with Crippen LogP contribution >= 0.6 is 0 Å². The lowest BCUT2D eigenvalue weighted by molar-refractivity contribution is -0.121. The summed E-state index contributed by atoms with van der Waals surface area (Å²) in [6.07, 6.45) is 6.11. The number of imidazole rings is 1. The molecule has 0 unspecified atom stereocenters. The highest BCUT2D eigenvalue weighted by molar-refractivity contribution is 5.76. The number of nitrogens with one attached hydrogen (secondary N) is 2. The number of hydrogen-bond acceptors (Lipinski definition) is 4. The van der Waals surface area contributed by atoms with Gasteiger partial charge in [0.1, 0.15) is 5.82 Å². The Balaban J connectivity index is 1.51. The number of carbonyl (C=O) groups excluding carboxylic acids is 1. The van der Waals surface area contributed by atoms with E-state index in [2.05, 4.69) is 25.3 Å². The number of aryl methyl sites for hydroxylation is 1. The minimum absolute atomic E-state index is 0.00716. The standard InChI is InChI=1S/C15H15N5O/c21-14(18-10-11-3-1-7-16-9-11)6-5-13-19-12-4-2-8-17-15(12)20-13/h1-4,7-9H,5-6,10H2,(H,18,21)(H,17,19,20). The number of amides is 1. The zero-order valence-corrected chi connectivity index (χ0v) is 11.4. The van der Waals surface area contributed by atoms with Gasteiger partial charge in [0, 0.05) is 38.0 Å². The Morgan fingerprint density at radius 2 is 2.14 bits per heavy atom. The van der Waals surface area contributed by atoms with Crippen molar-refractivity contribution in [2.24, 2.45) is 0 Å². The van der Waals surface area contributed by atoms with Gasteiger partial charge in [0.2, 0.25) is 5.91 Å². The first kappa shape index (κ1) is 13.2. The van der Waals surface area contributed by atoms with Gasteiger partial charge in [-0.2, -0.15) is 0 Å². The number of nitrogens with zero attached hydrogens (tertiary/aromatic N) is 3. The van der Waals surface area contributed by atoms with Crippen LogP contribution in [-0.4, -0.2) is 25.8 Å². The molecule has 1 amide bonds. The Morgan fingerprint density at radius 3 is 2.95 bits per heavy atom. The van der Waals surface area contributed by atoms with Crippen LogP contribution in [0, 0.1) is 0 Å². The van der Waals surface area contributed by atoms with Crippen molar-refractivity contribution in [3.63, 3.8) is 0 Å². The third kappa shape index (κ3) is 3.42. The second-order valence-corrected chi connectivity index (χ2v) is 4.70. The summed E-state index contributed by atoms with van der Waals surface area (Å²) < 4.78 is 0. The SMILES string of the molecule is O=C(CCc1nc2ncccc2[nH]1)NCc1cccnc1. The topological polar surface area (TPSA) is 83.6 Å². The van der Waals surface area contributed by atoms with Crippen molar-refractivity contribution in [2.75, 3.05) is 0 Å². The van der Waals surface area contributed by atoms with Gasteiger partial charge in [0.05, 0.1) is 5.52 Å². The molecule has 0 saturated carbocycles. The second kappa shape index (κ2) is 6.13. The van der Waals surface area contributed by atoms with Gasteiger partial charge < -0.3 is 10.3 Å². The van der Waals surface area contributed by atoms with Gasteiger partial charge in [-0.1, -0.05) is 6.07 Å². The minimum Gasteiger partial charge on any atom is -0.352 e. The van der Waals surface area contributed by atoms with Crippen LogP contribution in [0.2, 0.25) is 0 Å². The number of H-pyrrole nitrogens is 1. The van der Waals surface area contributed by atoms with Gasteiger partial charge in [-0.15, -0.1) is 0 Å². The third-order valence-corrected chi connectivity index (χ3v) is 3.11. The predicted octanol–water partition coefficient (Wildman–Crippen LogP) is 1.60. The Bertz CT molecular complexity index is 705. The van der Waals surface area contributed by atoms with Crippen LogP contribution in [-0.2, 0) is 17.8 Å². The number of fused-ring (bicyclic) bond motifs is 1.